The molecule has 3 rings (SSSR count). The van der Waals surface area contributed by atoms with Crippen molar-refractivity contribution < 1.29 is 27.1 Å². The van der Waals surface area contributed by atoms with Crippen LogP contribution in [0.25, 0.3) is 0 Å². The fourth-order valence-electron chi connectivity index (χ4n) is 2.72. The van der Waals surface area contributed by atoms with E-state index in [4.69, 9.17) is 11.6 Å². The number of anilines is 2. The number of rotatable bonds is 6. The van der Waals surface area contributed by atoms with E-state index in [9.17, 15) is 27.1 Å². The van der Waals surface area contributed by atoms with Gasteiger partial charge in [-0.2, -0.15) is 0 Å². The van der Waals surface area contributed by atoms with Crippen molar-refractivity contribution in [2.75, 3.05) is 9.62 Å². The van der Waals surface area contributed by atoms with Crippen LogP contribution in [0.3, 0.4) is 0 Å². The molecule has 1 unspecified atom stereocenters. The second-order valence-corrected chi connectivity index (χ2v) is 9.99. The van der Waals surface area contributed by atoms with Crippen LogP contribution < -0.4 is 9.62 Å². The number of thiazole rings is 1. The summed E-state index contributed by atoms with van der Waals surface area (Å²) in [6, 6.07) is 5.27. The van der Waals surface area contributed by atoms with Gasteiger partial charge in [-0.1, -0.05) is 27.5 Å². The summed E-state index contributed by atoms with van der Waals surface area (Å²) in [6.45, 7) is 1.61. The van der Waals surface area contributed by atoms with Crippen LogP contribution in [0.1, 0.15) is 18.5 Å². The van der Waals surface area contributed by atoms with Crippen LogP contribution in [0.15, 0.2) is 50.6 Å². The molecule has 2 N–H and O–H groups in total. The van der Waals surface area contributed by atoms with Gasteiger partial charge in [-0.3, -0.25) is 0 Å². The average Bonchev–Trinajstić information content (AvgIpc) is 3.19. The van der Waals surface area contributed by atoms with Gasteiger partial charge >= 0.3 is 6.09 Å². The van der Waals surface area contributed by atoms with E-state index >= 15 is 0 Å². The molecule has 3 aromatic rings. The molecule has 13 heteroatoms. The summed E-state index contributed by atoms with van der Waals surface area (Å²) in [5.74, 6) is -2.14. The first-order valence-electron chi connectivity index (χ1n) is 8.39. The third kappa shape index (κ3) is 4.81. The Labute approximate surface area is 193 Å². The first kappa shape index (κ1) is 23.4. The monoisotopic (exact) mass is 551 g/mol. The molecule has 164 valence electrons. The van der Waals surface area contributed by atoms with Crippen LogP contribution in [0.2, 0.25) is 5.02 Å². The predicted octanol–water partition coefficient (Wildman–Crippen LogP) is 5.88. The maximum atomic E-state index is 14.8. The quantitative estimate of drug-likeness (QED) is 0.396. The van der Waals surface area contributed by atoms with E-state index in [0.717, 1.165) is 23.5 Å². The molecule has 1 atom stereocenters. The highest BCUT2D eigenvalue weighted by molar-refractivity contribution is 9.10. The van der Waals surface area contributed by atoms with Gasteiger partial charge in [-0.25, -0.2) is 27.0 Å². The molecular formula is C18H13BrClF2N3O4S2. The number of carboxylic acid groups (broad SMARTS) is 1. The molecule has 1 aromatic heterocycles. The minimum atomic E-state index is -4.86. The van der Waals surface area contributed by atoms with E-state index in [2.05, 4.69) is 26.2 Å². The number of nitrogens with zero attached hydrogens (tertiary/aromatic N) is 2. The molecular weight excluding hydrogens is 540 g/mol. The summed E-state index contributed by atoms with van der Waals surface area (Å²) in [5.41, 5.74) is 1.50. The van der Waals surface area contributed by atoms with Crippen molar-refractivity contribution in [1.29, 1.82) is 0 Å². The molecule has 7 nitrogen and oxygen atoms in total. The highest BCUT2D eigenvalue weighted by Gasteiger charge is 2.35. The van der Waals surface area contributed by atoms with Crippen molar-refractivity contribution in [2.24, 2.45) is 0 Å². The van der Waals surface area contributed by atoms with Gasteiger partial charge in [0.05, 0.1) is 22.3 Å². The smallest absolute Gasteiger partial charge is 0.427 e. The maximum Gasteiger partial charge on any atom is 0.427 e. The Morgan fingerprint density at radius 3 is 2.61 bits per heavy atom. The van der Waals surface area contributed by atoms with Crippen molar-refractivity contribution >= 4 is 66.5 Å². The summed E-state index contributed by atoms with van der Waals surface area (Å²) in [7, 11) is -4.86. The number of benzene rings is 2. The Morgan fingerprint density at radius 2 is 2.00 bits per heavy atom. The number of hydrogen-bond donors (Lipinski definition) is 2. The number of aromatic nitrogens is 1. The first-order chi connectivity index (χ1) is 14.5. The van der Waals surface area contributed by atoms with E-state index in [1.165, 1.54) is 29.1 Å². The van der Waals surface area contributed by atoms with Crippen molar-refractivity contribution in [3.63, 3.8) is 0 Å². The third-order valence-electron chi connectivity index (χ3n) is 4.14. The van der Waals surface area contributed by atoms with E-state index in [1.807, 2.05) is 0 Å². The fraction of sp³-hybridized carbons (Fsp3) is 0.111. The summed E-state index contributed by atoms with van der Waals surface area (Å²) in [4.78, 5) is 14.3. The molecule has 2 aromatic carbocycles. The molecule has 0 aliphatic heterocycles. The zero-order chi connectivity index (χ0) is 22.9. The molecule has 0 saturated heterocycles. The molecule has 0 fully saturated rings. The topological polar surface area (TPSA) is 99.6 Å². The van der Waals surface area contributed by atoms with Gasteiger partial charge in [0, 0.05) is 15.4 Å². The second-order valence-electron chi connectivity index (χ2n) is 6.19. The number of sulfonamides is 1. The highest BCUT2D eigenvalue weighted by atomic mass is 79.9. The van der Waals surface area contributed by atoms with E-state index in [-0.39, 0.29) is 20.6 Å². The van der Waals surface area contributed by atoms with Crippen LogP contribution in [-0.2, 0) is 10.0 Å². The molecule has 0 aliphatic rings. The molecule has 1 heterocycles. The number of carbonyl (C=O) groups is 1. The fourth-order valence-corrected chi connectivity index (χ4v) is 5.29. The van der Waals surface area contributed by atoms with Gasteiger partial charge < -0.3 is 10.4 Å². The van der Waals surface area contributed by atoms with Gasteiger partial charge in [-0.05, 0) is 37.3 Å². The molecule has 0 aliphatic carbocycles. The second kappa shape index (κ2) is 9.07. The van der Waals surface area contributed by atoms with Crippen LogP contribution in [0.4, 0.5) is 25.1 Å². The lowest BCUT2D eigenvalue weighted by Gasteiger charge is -2.20. The molecule has 0 radical (unpaired) electrons. The van der Waals surface area contributed by atoms with Gasteiger partial charge in [0.15, 0.2) is 5.82 Å². The Bertz CT molecular complexity index is 1240. The highest BCUT2D eigenvalue weighted by Crippen LogP contribution is 2.34. The van der Waals surface area contributed by atoms with Crippen LogP contribution >= 0.6 is 38.9 Å². The van der Waals surface area contributed by atoms with Gasteiger partial charge in [0.1, 0.15) is 16.5 Å². The Balaban J connectivity index is 1.98. The standard InChI is InChI=1S/C18H13BrClF2N3O4S2/c1-9(11-4-10(19)2-3-13(11)21)24-15-6-14(22)16(5-12(15)20)31(28,29)25(18(26)27)17-7-30-8-23-17/h2-9,24H,1H3,(H,26,27). The molecule has 31 heavy (non-hydrogen) atoms. The van der Waals surface area contributed by atoms with E-state index in [0.29, 0.717) is 4.47 Å². The minimum absolute atomic E-state index is 0.000487. The summed E-state index contributed by atoms with van der Waals surface area (Å²) in [6.07, 6.45) is -1.86. The summed E-state index contributed by atoms with van der Waals surface area (Å²) in [5, 5.41) is 13.2. The van der Waals surface area contributed by atoms with E-state index in [1.54, 1.807) is 6.92 Å². The third-order valence-corrected chi connectivity index (χ3v) is 7.21. The van der Waals surface area contributed by atoms with Crippen molar-refractivity contribution in [3.8, 4) is 0 Å². The predicted molar refractivity (Wildman–Crippen MR) is 117 cm³/mol. The summed E-state index contributed by atoms with van der Waals surface area (Å²) >= 11 is 10.4. The van der Waals surface area contributed by atoms with Crippen molar-refractivity contribution in [2.45, 2.75) is 17.9 Å². The zero-order valence-corrected chi connectivity index (χ0v) is 19.5. The lowest BCUT2D eigenvalue weighted by molar-refractivity contribution is 0.206. The first-order valence-corrected chi connectivity index (χ1v) is 11.9. The van der Waals surface area contributed by atoms with Crippen molar-refractivity contribution in [1.82, 2.24) is 4.98 Å². The SMILES string of the molecule is CC(Nc1cc(F)c(S(=O)(=O)N(C(=O)O)c2cscn2)cc1Cl)c1cc(Br)ccc1F. The number of hydrogen-bond acceptors (Lipinski definition) is 6. The van der Waals surface area contributed by atoms with Crippen LogP contribution in [-0.4, -0.2) is 24.6 Å². The zero-order valence-electron chi connectivity index (χ0n) is 15.5. The lowest BCUT2D eigenvalue weighted by atomic mass is 10.1. The van der Waals surface area contributed by atoms with Crippen LogP contribution in [0.5, 0.6) is 0 Å². The number of halogens is 4. The molecule has 1 amide bonds. The Hall–Kier alpha value is -2.28. The Morgan fingerprint density at radius 1 is 1.29 bits per heavy atom. The number of nitrogens with one attached hydrogen (secondary N) is 1. The molecule has 0 bridgehead atoms. The summed E-state index contributed by atoms with van der Waals surface area (Å²) < 4.78 is 55.1. The normalized spacial score (nSPS) is 12.4. The largest absolute Gasteiger partial charge is 0.464 e. The lowest BCUT2D eigenvalue weighted by Crippen LogP contribution is -2.36. The van der Waals surface area contributed by atoms with Gasteiger partial charge in [0.2, 0.25) is 0 Å². The van der Waals surface area contributed by atoms with Crippen LogP contribution in [0, 0.1) is 11.6 Å². The average molecular weight is 553 g/mol. The van der Waals surface area contributed by atoms with E-state index < -0.39 is 44.5 Å². The van der Waals surface area contributed by atoms with Gasteiger partial charge in [0.25, 0.3) is 10.0 Å². The minimum Gasteiger partial charge on any atom is -0.464 e. The molecule has 0 spiro atoms. The van der Waals surface area contributed by atoms with Gasteiger partial charge in [-0.15, -0.1) is 15.6 Å². The van der Waals surface area contributed by atoms with Crippen molar-refractivity contribution in [3.05, 3.63) is 67.9 Å². The number of amides is 1. The molecule has 0 saturated carbocycles. The maximum absolute atomic E-state index is 14.8. The Kier molecular flexibility index (Phi) is 6.84.